The first kappa shape index (κ1) is 13.3. The Morgan fingerprint density at radius 2 is 2.38 bits per heavy atom. The van der Waals surface area contributed by atoms with Crippen molar-refractivity contribution in [2.24, 2.45) is 5.73 Å². The summed E-state index contributed by atoms with van der Waals surface area (Å²) in [6.07, 6.45) is 3.05. The van der Waals surface area contributed by atoms with E-state index < -0.39 is 5.91 Å². The van der Waals surface area contributed by atoms with E-state index in [9.17, 15) is 9.59 Å². The molecule has 1 aliphatic rings. The molecule has 1 fully saturated rings. The van der Waals surface area contributed by atoms with Crippen LogP contribution in [-0.2, 0) is 4.79 Å². The van der Waals surface area contributed by atoms with Gasteiger partial charge in [0, 0.05) is 30.6 Å². The monoisotopic (exact) mass is 289 g/mol. The maximum absolute atomic E-state index is 11.5. The number of likely N-dealkylation sites (tertiary alicyclic amines) is 1. The molecular weight excluding hydrogens is 274 g/mol. The number of nitrogens with one attached hydrogen (secondary N) is 1. The Morgan fingerprint density at radius 3 is 3.10 bits per heavy atom. The Labute approximate surface area is 120 Å². The predicted octanol–water partition coefficient (Wildman–Crippen LogP) is 0.0580. The number of ether oxygens (including phenoxy) is 1. The molecule has 21 heavy (non-hydrogen) atoms. The summed E-state index contributed by atoms with van der Waals surface area (Å²) >= 11 is 0. The number of nitrogens with zero attached hydrogens (tertiary/aromatic N) is 3. The second-order valence-corrected chi connectivity index (χ2v) is 4.83. The molecule has 0 unspecified atom stereocenters. The van der Waals surface area contributed by atoms with Crippen molar-refractivity contribution in [1.82, 2.24) is 19.9 Å². The number of hydrogen-bond donors (Lipinski definition) is 2. The normalized spacial score (nSPS) is 14.9. The molecule has 3 rings (SSSR count). The van der Waals surface area contributed by atoms with Crippen LogP contribution in [-0.4, -0.2) is 51.4 Å². The third-order valence-corrected chi connectivity index (χ3v) is 3.36. The smallest absolute Gasteiger partial charge is 0.286 e. The molecule has 1 saturated heterocycles. The van der Waals surface area contributed by atoms with Crippen molar-refractivity contribution in [3.05, 3.63) is 18.1 Å². The highest BCUT2D eigenvalue weighted by atomic mass is 16.5. The standard InChI is InChI=1S/C13H15N5O3/c14-11(20)13-15-7-8-6-9(16-12(8)17-13)21-5-4-18-3-1-2-10(18)19/h6-7H,1-5H2,(H2,14,20)(H,15,16,17). The molecule has 0 spiro atoms. The van der Waals surface area contributed by atoms with Crippen LogP contribution in [0.1, 0.15) is 23.5 Å². The van der Waals surface area contributed by atoms with Crippen LogP contribution in [0.5, 0.6) is 5.88 Å². The first-order chi connectivity index (χ1) is 10.1. The van der Waals surface area contributed by atoms with Crippen molar-refractivity contribution >= 4 is 22.8 Å². The molecule has 3 N–H and O–H groups in total. The first-order valence-electron chi connectivity index (χ1n) is 6.69. The molecule has 0 saturated carbocycles. The highest BCUT2D eigenvalue weighted by Gasteiger charge is 2.19. The first-order valence-corrected chi connectivity index (χ1v) is 6.69. The van der Waals surface area contributed by atoms with Gasteiger partial charge in [0.1, 0.15) is 12.3 Å². The molecule has 0 radical (unpaired) electrons. The second-order valence-electron chi connectivity index (χ2n) is 4.83. The Hall–Kier alpha value is -2.64. The number of carbonyl (C=O) groups is 2. The molecule has 2 aromatic heterocycles. The van der Waals surface area contributed by atoms with E-state index in [2.05, 4.69) is 15.0 Å². The van der Waals surface area contributed by atoms with E-state index >= 15 is 0 Å². The largest absolute Gasteiger partial charge is 0.477 e. The summed E-state index contributed by atoms with van der Waals surface area (Å²) in [5, 5.41) is 0.729. The van der Waals surface area contributed by atoms with Crippen LogP contribution >= 0.6 is 0 Å². The van der Waals surface area contributed by atoms with E-state index in [0.717, 1.165) is 18.4 Å². The molecule has 8 heteroatoms. The zero-order valence-corrected chi connectivity index (χ0v) is 11.3. The number of carbonyl (C=O) groups excluding carboxylic acids is 2. The van der Waals surface area contributed by atoms with Crippen molar-refractivity contribution in [2.75, 3.05) is 19.7 Å². The third-order valence-electron chi connectivity index (χ3n) is 3.36. The molecule has 110 valence electrons. The number of primary amides is 1. The van der Waals surface area contributed by atoms with E-state index in [1.165, 1.54) is 6.20 Å². The van der Waals surface area contributed by atoms with Gasteiger partial charge in [0.05, 0.1) is 6.54 Å². The van der Waals surface area contributed by atoms with E-state index in [1.807, 2.05) is 0 Å². The van der Waals surface area contributed by atoms with Gasteiger partial charge in [0.15, 0.2) is 5.88 Å². The minimum Gasteiger partial charge on any atom is -0.477 e. The summed E-state index contributed by atoms with van der Waals surface area (Å²) in [5.41, 5.74) is 5.62. The number of hydrogen-bond acceptors (Lipinski definition) is 5. The van der Waals surface area contributed by atoms with Gasteiger partial charge in [0.25, 0.3) is 5.91 Å². The number of H-pyrrole nitrogens is 1. The van der Waals surface area contributed by atoms with Crippen LogP contribution < -0.4 is 10.5 Å². The van der Waals surface area contributed by atoms with Gasteiger partial charge in [-0.2, -0.15) is 0 Å². The van der Waals surface area contributed by atoms with Gasteiger partial charge in [-0.1, -0.05) is 0 Å². The molecule has 1 aliphatic heterocycles. The van der Waals surface area contributed by atoms with Crippen molar-refractivity contribution in [2.45, 2.75) is 12.8 Å². The fourth-order valence-corrected chi connectivity index (χ4v) is 2.29. The lowest BCUT2D eigenvalue weighted by molar-refractivity contribution is -0.128. The predicted molar refractivity (Wildman–Crippen MR) is 73.7 cm³/mol. The SMILES string of the molecule is NC(=O)c1ncc2cc(OCCN3CCCC3=O)[nH]c2n1. The topological polar surface area (TPSA) is 114 Å². The van der Waals surface area contributed by atoms with Crippen LogP contribution in [0.15, 0.2) is 12.3 Å². The number of nitrogens with two attached hydrogens (primary N) is 1. The molecule has 3 heterocycles. The molecule has 0 bridgehead atoms. The summed E-state index contributed by atoms with van der Waals surface area (Å²) in [6, 6.07) is 1.74. The van der Waals surface area contributed by atoms with Gasteiger partial charge in [-0.3, -0.25) is 9.59 Å². The highest BCUT2D eigenvalue weighted by Crippen LogP contribution is 2.18. The number of aromatic amines is 1. The highest BCUT2D eigenvalue weighted by molar-refractivity contribution is 5.91. The Bertz CT molecular complexity index is 696. The zero-order valence-electron chi connectivity index (χ0n) is 11.3. The van der Waals surface area contributed by atoms with E-state index in [4.69, 9.17) is 10.5 Å². The lowest BCUT2D eigenvalue weighted by Crippen LogP contribution is -2.29. The molecule has 0 atom stereocenters. The van der Waals surface area contributed by atoms with Crippen molar-refractivity contribution in [3.8, 4) is 5.88 Å². The van der Waals surface area contributed by atoms with E-state index in [-0.39, 0.29) is 11.7 Å². The van der Waals surface area contributed by atoms with Crippen LogP contribution in [0.4, 0.5) is 0 Å². The van der Waals surface area contributed by atoms with Gasteiger partial charge in [-0.05, 0) is 6.42 Å². The summed E-state index contributed by atoms with van der Waals surface area (Å²) in [5.74, 6) is -0.0279. The Kier molecular flexibility index (Phi) is 3.43. The average Bonchev–Trinajstić information content (AvgIpc) is 3.04. The molecule has 2 aromatic rings. The molecule has 8 nitrogen and oxygen atoms in total. The quantitative estimate of drug-likeness (QED) is 0.807. The lowest BCUT2D eigenvalue weighted by Gasteiger charge is -2.14. The number of aromatic nitrogens is 3. The molecule has 0 aromatic carbocycles. The van der Waals surface area contributed by atoms with Crippen LogP contribution in [0, 0.1) is 0 Å². The van der Waals surface area contributed by atoms with Gasteiger partial charge in [0.2, 0.25) is 11.7 Å². The number of fused-ring (bicyclic) bond motifs is 1. The molecule has 2 amide bonds. The minimum absolute atomic E-state index is 0.0430. The van der Waals surface area contributed by atoms with E-state index in [1.54, 1.807) is 11.0 Å². The molecular formula is C13H15N5O3. The maximum atomic E-state index is 11.5. The summed E-state index contributed by atoms with van der Waals surface area (Å²) in [6.45, 7) is 1.75. The Balaban J connectivity index is 1.64. The summed E-state index contributed by atoms with van der Waals surface area (Å²) in [4.78, 5) is 35.1. The lowest BCUT2D eigenvalue weighted by atomic mass is 10.4. The zero-order chi connectivity index (χ0) is 14.8. The van der Waals surface area contributed by atoms with Crippen LogP contribution in [0.25, 0.3) is 11.0 Å². The van der Waals surface area contributed by atoms with Crippen molar-refractivity contribution < 1.29 is 14.3 Å². The van der Waals surface area contributed by atoms with E-state index in [0.29, 0.717) is 31.1 Å². The van der Waals surface area contributed by atoms with Crippen molar-refractivity contribution in [3.63, 3.8) is 0 Å². The van der Waals surface area contributed by atoms with Gasteiger partial charge < -0.3 is 20.4 Å². The fraction of sp³-hybridized carbons (Fsp3) is 0.385. The minimum atomic E-state index is -0.679. The Morgan fingerprint density at radius 1 is 1.52 bits per heavy atom. The van der Waals surface area contributed by atoms with Crippen LogP contribution in [0.2, 0.25) is 0 Å². The fourth-order valence-electron chi connectivity index (χ4n) is 2.29. The average molecular weight is 289 g/mol. The second kappa shape index (κ2) is 5.39. The van der Waals surface area contributed by atoms with Gasteiger partial charge >= 0.3 is 0 Å². The number of amides is 2. The molecule has 0 aliphatic carbocycles. The summed E-state index contributed by atoms with van der Waals surface area (Å²) in [7, 11) is 0. The summed E-state index contributed by atoms with van der Waals surface area (Å²) < 4.78 is 5.57. The third kappa shape index (κ3) is 2.78. The maximum Gasteiger partial charge on any atom is 0.286 e. The number of rotatable bonds is 5. The van der Waals surface area contributed by atoms with Gasteiger partial charge in [-0.25, -0.2) is 9.97 Å². The van der Waals surface area contributed by atoms with Gasteiger partial charge in [-0.15, -0.1) is 0 Å². The van der Waals surface area contributed by atoms with Crippen molar-refractivity contribution in [1.29, 1.82) is 0 Å². The van der Waals surface area contributed by atoms with Crippen LogP contribution in [0.3, 0.4) is 0 Å².